The number of hydrogen-bond donors (Lipinski definition) is 1. The van der Waals surface area contributed by atoms with Crippen molar-refractivity contribution in [3.63, 3.8) is 0 Å². The van der Waals surface area contributed by atoms with Gasteiger partial charge in [0.15, 0.2) is 0 Å². The van der Waals surface area contributed by atoms with Crippen molar-refractivity contribution in [3.05, 3.63) is 59.7 Å². The number of fused-ring (bicyclic) bond motifs is 1. The number of thiophene rings is 1. The molecular weight excluding hydrogens is 378 g/mol. The highest BCUT2D eigenvalue weighted by Gasteiger charge is 2.21. The SMILES string of the molecule is CCOC(=O)c1c(NC(=O)CCSc2ccc(C)cc2)sc2ccccc12. The molecule has 0 saturated carbocycles. The zero-order valence-corrected chi connectivity index (χ0v) is 16.9. The molecule has 0 aliphatic carbocycles. The molecule has 140 valence electrons. The first-order valence-corrected chi connectivity index (χ1v) is 10.6. The lowest BCUT2D eigenvalue weighted by Crippen LogP contribution is -2.14. The second-order valence-electron chi connectivity index (χ2n) is 5.98. The summed E-state index contributed by atoms with van der Waals surface area (Å²) in [5.74, 6) is 0.167. The topological polar surface area (TPSA) is 55.4 Å². The lowest BCUT2D eigenvalue weighted by atomic mass is 10.1. The molecule has 0 aliphatic heterocycles. The second kappa shape index (κ2) is 9.06. The van der Waals surface area contributed by atoms with Gasteiger partial charge in [-0.15, -0.1) is 23.1 Å². The molecule has 1 N–H and O–H groups in total. The van der Waals surface area contributed by atoms with Crippen molar-refractivity contribution in [2.75, 3.05) is 17.7 Å². The van der Waals surface area contributed by atoms with E-state index >= 15 is 0 Å². The quantitative estimate of drug-likeness (QED) is 0.421. The Morgan fingerprint density at radius 1 is 1.11 bits per heavy atom. The Morgan fingerprint density at radius 2 is 1.85 bits per heavy atom. The van der Waals surface area contributed by atoms with Crippen LogP contribution in [0.2, 0.25) is 0 Å². The van der Waals surface area contributed by atoms with E-state index in [-0.39, 0.29) is 5.91 Å². The van der Waals surface area contributed by atoms with Crippen LogP contribution in [-0.2, 0) is 9.53 Å². The van der Waals surface area contributed by atoms with Crippen LogP contribution < -0.4 is 5.32 Å². The van der Waals surface area contributed by atoms with E-state index in [9.17, 15) is 9.59 Å². The van der Waals surface area contributed by atoms with Crippen LogP contribution in [0.3, 0.4) is 0 Å². The number of anilines is 1. The number of carbonyl (C=O) groups excluding carboxylic acids is 2. The van der Waals surface area contributed by atoms with E-state index in [2.05, 4.69) is 29.6 Å². The highest BCUT2D eigenvalue weighted by Crippen LogP contribution is 2.36. The van der Waals surface area contributed by atoms with Gasteiger partial charge in [0.1, 0.15) is 10.6 Å². The second-order valence-corrected chi connectivity index (χ2v) is 8.20. The van der Waals surface area contributed by atoms with E-state index in [4.69, 9.17) is 4.74 Å². The Morgan fingerprint density at radius 3 is 2.59 bits per heavy atom. The van der Waals surface area contributed by atoms with Crippen molar-refractivity contribution >= 4 is 50.1 Å². The molecule has 6 heteroatoms. The molecule has 0 saturated heterocycles. The predicted molar refractivity (Wildman–Crippen MR) is 113 cm³/mol. The van der Waals surface area contributed by atoms with Gasteiger partial charge in [0.2, 0.25) is 5.91 Å². The van der Waals surface area contributed by atoms with Crippen LogP contribution in [0.1, 0.15) is 29.3 Å². The average Bonchev–Trinajstić information content (AvgIpc) is 3.01. The summed E-state index contributed by atoms with van der Waals surface area (Å²) in [6.07, 6.45) is 0.370. The number of aryl methyl sites for hydroxylation is 1. The molecule has 3 aromatic rings. The number of hydrogen-bond acceptors (Lipinski definition) is 5. The number of esters is 1. The summed E-state index contributed by atoms with van der Waals surface area (Å²) in [6, 6.07) is 15.8. The van der Waals surface area contributed by atoms with Crippen LogP contribution in [-0.4, -0.2) is 24.2 Å². The number of carbonyl (C=O) groups is 2. The number of amides is 1. The smallest absolute Gasteiger partial charge is 0.341 e. The fraction of sp³-hybridized carbons (Fsp3) is 0.238. The number of rotatable bonds is 7. The van der Waals surface area contributed by atoms with Gasteiger partial charge in [0.05, 0.1) is 6.61 Å². The third kappa shape index (κ3) is 4.90. The lowest BCUT2D eigenvalue weighted by Gasteiger charge is -2.07. The molecular formula is C21H21NO3S2. The summed E-state index contributed by atoms with van der Waals surface area (Å²) >= 11 is 3.04. The van der Waals surface area contributed by atoms with Gasteiger partial charge in [-0.3, -0.25) is 4.79 Å². The first kappa shape index (κ1) is 19.5. The van der Waals surface area contributed by atoms with Gasteiger partial charge < -0.3 is 10.1 Å². The van der Waals surface area contributed by atoms with E-state index in [1.165, 1.54) is 16.9 Å². The highest BCUT2D eigenvalue weighted by molar-refractivity contribution is 7.99. The first-order chi connectivity index (χ1) is 13.1. The monoisotopic (exact) mass is 399 g/mol. The molecule has 0 aliphatic rings. The molecule has 0 fully saturated rings. The summed E-state index contributed by atoms with van der Waals surface area (Å²) in [6.45, 7) is 4.12. The average molecular weight is 400 g/mol. The van der Waals surface area contributed by atoms with Gasteiger partial charge in [-0.2, -0.15) is 0 Å². The van der Waals surface area contributed by atoms with Crippen LogP contribution >= 0.6 is 23.1 Å². The number of ether oxygens (including phenoxy) is 1. The molecule has 1 amide bonds. The molecule has 0 unspecified atom stereocenters. The van der Waals surface area contributed by atoms with Crippen molar-refractivity contribution in [1.29, 1.82) is 0 Å². The van der Waals surface area contributed by atoms with Crippen molar-refractivity contribution in [3.8, 4) is 0 Å². The number of benzene rings is 2. The van der Waals surface area contributed by atoms with Crippen LogP contribution in [0.5, 0.6) is 0 Å². The molecule has 2 aromatic carbocycles. The van der Waals surface area contributed by atoms with E-state index < -0.39 is 5.97 Å². The van der Waals surface area contributed by atoms with Crippen molar-refractivity contribution < 1.29 is 14.3 Å². The van der Waals surface area contributed by atoms with Gasteiger partial charge in [-0.05, 0) is 32.0 Å². The Balaban J connectivity index is 1.68. The van der Waals surface area contributed by atoms with Gasteiger partial charge in [0, 0.05) is 27.2 Å². The Kier molecular flexibility index (Phi) is 6.53. The largest absolute Gasteiger partial charge is 0.462 e. The molecule has 27 heavy (non-hydrogen) atoms. The zero-order chi connectivity index (χ0) is 19.2. The van der Waals surface area contributed by atoms with Crippen molar-refractivity contribution in [2.24, 2.45) is 0 Å². The summed E-state index contributed by atoms with van der Waals surface area (Å²) in [4.78, 5) is 25.9. The van der Waals surface area contributed by atoms with Crippen molar-refractivity contribution in [1.82, 2.24) is 0 Å². The maximum atomic E-state index is 12.4. The zero-order valence-electron chi connectivity index (χ0n) is 15.3. The van der Waals surface area contributed by atoms with Gasteiger partial charge >= 0.3 is 5.97 Å². The van der Waals surface area contributed by atoms with Crippen molar-refractivity contribution in [2.45, 2.75) is 25.2 Å². The first-order valence-electron chi connectivity index (χ1n) is 8.76. The molecule has 1 aromatic heterocycles. The molecule has 0 bridgehead atoms. The van der Waals surface area contributed by atoms with E-state index in [1.807, 2.05) is 31.2 Å². The fourth-order valence-corrected chi connectivity index (χ4v) is 4.58. The molecule has 4 nitrogen and oxygen atoms in total. The van der Waals surface area contributed by atoms with Gasteiger partial charge in [0.25, 0.3) is 0 Å². The van der Waals surface area contributed by atoms with Gasteiger partial charge in [-0.25, -0.2) is 4.79 Å². The number of nitrogens with one attached hydrogen (secondary N) is 1. The van der Waals surface area contributed by atoms with Crippen LogP contribution in [0.25, 0.3) is 10.1 Å². The third-order valence-corrected chi connectivity index (χ3v) is 6.05. The Labute approximate surface area is 166 Å². The minimum absolute atomic E-state index is 0.105. The van der Waals surface area contributed by atoms with E-state index in [1.54, 1.807) is 18.7 Å². The van der Waals surface area contributed by atoms with Gasteiger partial charge in [-0.1, -0.05) is 35.9 Å². The lowest BCUT2D eigenvalue weighted by molar-refractivity contribution is -0.115. The van der Waals surface area contributed by atoms with Crippen LogP contribution in [0.15, 0.2) is 53.4 Å². The third-order valence-electron chi connectivity index (χ3n) is 3.95. The Bertz CT molecular complexity index is 948. The minimum Gasteiger partial charge on any atom is -0.462 e. The number of thioether (sulfide) groups is 1. The van der Waals surface area contributed by atoms with Crippen LogP contribution in [0.4, 0.5) is 5.00 Å². The Hall–Kier alpha value is -2.31. The standard InChI is InChI=1S/C21H21NO3S2/c1-3-25-21(24)19-16-6-4-5-7-17(16)27-20(19)22-18(23)12-13-26-15-10-8-14(2)9-11-15/h4-11H,3,12-13H2,1-2H3,(H,22,23). The normalized spacial score (nSPS) is 10.7. The maximum absolute atomic E-state index is 12.4. The van der Waals surface area contributed by atoms with E-state index in [0.717, 1.165) is 15.0 Å². The molecule has 0 radical (unpaired) electrons. The maximum Gasteiger partial charge on any atom is 0.341 e. The summed E-state index contributed by atoms with van der Waals surface area (Å²) in [5.41, 5.74) is 1.66. The summed E-state index contributed by atoms with van der Waals surface area (Å²) in [5, 5.41) is 4.27. The highest BCUT2D eigenvalue weighted by atomic mass is 32.2. The summed E-state index contributed by atoms with van der Waals surface area (Å²) in [7, 11) is 0. The molecule has 0 atom stereocenters. The fourth-order valence-electron chi connectivity index (χ4n) is 2.62. The van der Waals surface area contributed by atoms with Crippen LogP contribution in [0, 0.1) is 6.92 Å². The summed E-state index contributed by atoms with van der Waals surface area (Å²) < 4.78 is 6.13. The molecule has 0 spiro atoms. The van der Waals surface area contributed by atoms with E-state index in [0.29, 0.717) is 29.3 Å². The molecule has 3 rings (SSSR count). The minimum atomic E-state index is -0.403. The molecule has 1 heterocycles. The predicted octanol–water partition coefficient (Wildman–Crippen LogP) is 5.51.